The maximum atomic E-state index is 12.7. The maximum Gasteiger partial charge on any atom is 0.243 e. The molecule has 0 unspecified atom stereocenters. The van der Waals surface area contributed by atoms with E-state index in [-0.39, 0.29) is 11.4 Å². The van der Waals surface area contributed by atoms with Gasteiger partial charge in [-0.2, -0.15) is 9.40 Å². The van der Waals surface area contributed by atoms with Crippen LogP contribution < -0.4 is 0 Å². The first-order chi connectivity index (χ1) is 10.7. The van der Waals surface area contributed by atoms with Gasteiger partial charge in [-0.25, -0.2) is 8.42 Å². The highest BCUT2D eigenvalue weighted by atomic mass is 35.5. The fourth-order valence-electron chi connectivity index (χ4n) is 2.36. The third-order valence-corrected chi connectivity index (χ3v) is 5.79. The molecular formula is C16H22ClN3O2S. The van der Waals surface area contributed by atoms with Crippen LogP contribution in [0.25, 0.3) is 0 Å². The van der Waals surface area contributed by atoms with Gasteiger partial charge < -0.3 is 0 Å². The minimum Gasteiger partial charge on any atom is -0.270 e. The predicted octanol–water partition coefficient (Wildman–Crippen LogP) is 3.09. The lowest BCUT2D eigenvalue weighted by molar-refractivity contribution is 0.453. The van der Waals surface area contributed by atoms with Crippen molar-refractivity contribution in [1.29, 1.82) is 0 Å². The highest BCUT2D eigenvalue weighted by molar-refractivity contribution is 7.89. The Morgan fingerprint density at radius 2 is 1.87 bits per heavy atom. The Labute approximate surface area is 142 Å². The molecule has 2 aromatic rings. The average molecular weight is 356 g/mol. The standard InChI is InChI=1S/C16H22ClN3O2S/c1-12(2)9-13-5-7-14(8-6-13)23(21,22)19(3)11-16-15(17)10-18-20(16)4/h5-8,10,12H,9,11H2,1-4H3. The second-order valence-electron chi connectivity index (χ2n) is 6.07. The molecule has 0 amide bonds. The van der Waals surface area contributed by atoms with Gasteiger partial charge >= 0.3 is 0 Å². The summed E-state index contributed by atoms with van der Waals surface area (Å²) in [6.45, 7) is 4.44. The van der Waals surface area contributed by atoms with Gasteiger partial charge in [-0.3, -0.25) is 4.68 Å². The lowest BCUT2D eigenvalue weighted by atomic mass is 10.0. The van der Waals surface area contributed by atoms with E-state index in [9.17, 15) is 8.42 Å². The molecule has 0 saturated heterocycles. The molecule has 126 valence electrons. The summed E-state index contributed by atoms with van der Waals surface area (Å²) >= 11 is 6.05. The quantitative estimate of drug-likeness (QED) is 0.800. The van der Waals surface area contributed by atoms with Crippen LogP contribution in [0.2, 0.25) is 5.02 Å². The summed E-state index contributed by atoms with van der Waals surface area (Å²) in [5, 5.41) is 4.49. The van der Waals surface area contributed by atoms with Crippen molar-refractivity contribution in [2.75, 3.05) is 7.05 Å². The summed E-state index contributed by atoms with van der Waals surface area (Å²) in [5.74, 6) is 0.534. The molecule has 0 fully saturated rings. The Morgan fingerprint density at radius 3 is 2.35 bits per heavy atom. The molecule has 5 nitrogen and oxygen atoms in total. The molecule has 0 saturated carbocycles. The molecule has 7 heteroatoms. The number of aromatic nitrogens is 2. The molecule has 23 heavy (non-hydrogen) atoms. The van der Waals surface area contributed by atoms with Crippen LogP contribution in [-0.2, 0) is 30.0 Å². The van der Waals surface area contributed by atoms with Crippen LogP contribution in [0.3, 0.4) is 0 Å². The Bertz CT molecular complexity index is 748. The van der Waals surface area contributed by atoms with Crippen LogP contribution >= 0.6 is 11.6 Å². The SMILES string of the molecule is CC(C)Cc1ccc(S(=O)(=O)N(C)Cc2c(Cl)cnn2C)cc1. The summed E-state index contributed by atoms with van der Waals surface area (Å²) in [5.41, 5.74) is 1.80. The molecule has 0 bridgehead atoms. The van der Waals surface area contributed by atoms with Crippen molar-refractivity contribution < 1.29 is 8.42 Å². The van der Waals surface area contributed by atoms with Gasteiger partial charge in [-0.15, -0.1) is 0 Å². The van der Waals surface area contributed by atoms with Crippen molar-refractivity contribution in [2.45, 2.75) is 31.7 Å². The third kappa shape index (κ3) is 4.13. The van der Waals surface area contributed by atoms with Crippen LogP contribution in [0, 0.1) is 5.92 Å². The predicted molar refractivity (Wildman–Crippen MR) is 91.9 cm³/mol. The van der Waals surface area contributed by atoms with Gasteiger partial charge in [-0.1, -0.05) is 37.6 Å². The number of sulfonamides is 1. The van der Waals surface area contributed by atoms with Crippen LogP contribution in [0.5, 0.6) is 0 Å². The number of aryl methyl sites for hydroxylation is 1. The van der Waals surface area contributed by atoms with Crippen molar-refractivity contribution in [2.24, 2.45) is 13.0 Å². The first-order valence-corrected chi connectivity index (χ1v) is 9.25. The highest BCUT2D eigenvalue weighted by Crippen LogP contribution is 2.21. The maximum absolute atomic E-state index is 12.7. The van der Waals surface area contributed by atoms with E-state index in [0.717, 1.165) is 12.0 Å². The fraction of sp³-hybridized carbons (Fsp3) is 0.438. The van der Waals surface area contributed by atoms with E-state index in [4.69, 9.17) is 11.6 Å². The molecule has 0 radical (unpaired) electrons. The van der Waals surface area contributed by atoms with Crippen molar-refractivity contribution in [1.82, 2.24) is 14.1 Å². The molecule has 0 aliphatic rings. The summed E-state index contributed by atoms with van der Waals surface area (Å²) in [6.07, 6.45) is 2.44. The molecule has 0 spiro atoms. The van der Waals surface area contributed by atoms with E-state index in [1.165, 1.54) is 10.5 Å². The number of nitrogens with zero attached hydrogens (tertiary/aromatic N) is 3. The fourth-order valence-corrected chi connectivity index (χ4v) is 3.72. The Kier molecular flexibility index (Phi) is 5.49. The second kappa shape index (κ2) is 7.03. The Balaban J connectivity index is 2.20. The van der Waals surface area contributed by atoms with E-state index >= 15 is 0 Å². The lowest BCUT2D eigenvalue weighted by Gasteiger charge is -2.18. The van der Waals surface area contributed by atoms with E-state index in [0.29, 0.717) is 16.6 Å². The molecule has 1 aromatic carbocycles. The molecule has 1 aromatic heterocycles. The van der Waals surface area contributed by atoms with Gasteiger partial charge in [0, 0.05) is 14.1 Å². The number of halogens is 1. The number of hydrogen-bond acceptors (Lipinski definition) is 3. The minimum atomic E-state index is -3.56. The van der Waals surface area contributed by atoms with Crippen LogP contribution in [0.1, 0.15) is 25.1 Å². The van der Waals surface area contributed by atoms with Crippen molar-refractivity contribution in [3.63, 3.8) is 0 Å². The molecule has 0 N–H and O–H groups in total. The summed E-state index contributed by atoms with van der Waals surface area (Å²) in [7, 11) is -0.279. The summed E-state index contributed by atoms with van der Waals surface area (Å²) in [6, 6.07) is 7.07. The summed E-state index contributed by atoms with van der Waals surface area (Å²) < 4.78 is 28.2. The number of rotatable bonds is 6. The lowest BCUT2D eigenvalue weighted by Crippen LogP contribution is -2.27. The van der Waals surface area contributed by atoms with E-state index < -0.39 is 10.0 Å². The Hall–Kier alpha value is -1.37. The van der Waals surface area contributed by atoms with Crippen molar-refractivity contribution >= 4 is 21.6 Å². The van der Waals surface area contributed by atoms with Gasteiger partial charge in [0.15, 0.2) is 0 Å². The molecule has 1 heterocycles. The Morgan fingerprint density at radius 1 is 1.26 bits per heavy atom. The second-order valence-corrected chi connectivity index (χ2v) is 8.52. The summed E-state index contributed by atoms with van der Waals surface area (Å²) in [4.78, 5) is 0.283. The number of benzene rings is 1. The van der Waals surface area contributed by atoms with Crippen LogP contribution in [0.15, 0.2) is 35.4 Å². The monoisotopic (exact) mass is 355 g/mol. The van der Waals surface area contributed by atoms with Crippen molar-refractivity contribution in [3.05, 3.63) is 46.7 Å². The van der Waals surface area contributed by atoms with E-state index in [1.807, 2.05) is 12.1 Å². The zero-order valence-electron chi connectivity index (χ0n) is 13.8. The van der Waals surface area contributed by atoms with Crippen LogP contribution in [0.4, 0.5) is 0 Å². The molecular weight excluding hydrogens is 334 g/mol. The van der Waals surface area contributed by atoms with E-state index in [1.54, 1.807) is 30.9 Å². The van der Waals surface area contributed by atoms with Gasteiger partial charge in [0.2, 0.25) is 10.0 Å². The third-order valence-electron chi connectivity index (χ3n) is 3.66. The zero-order chi connectivity index (χ0) is 17.2. The highest BCUT2D eigenvalue weighted by Gasteiger charge is 2.23. The normalized spacial score (nSPS) is 12.3. The average Bonchev–Trinajstić information content (AvgIpc) is 2.79. The smallest absolute Gasteiger partial charge is 0.243 e. The first kappa shape index (κ1) is 18.0. The molecule has 2 rings (SSSR count). The van der Waals surface area contributed by atoms with Gasteiger partial charge in [0.05, 0.1) is 28.4 Å². The minimum absolute atomic E-state index is 0.172. The zero-order valence-corrected chi connectivity index (χ0v) is 15.4. The topological polar surface area (TPSA) is 55.2 Å². The molecule has 0 aliphatic carbocycles. The number of hydrogen-bond donors (Lipinski definition) is 0. The van der Waals surface area contributed by atoms with Gasteiger partial charge in [0.25, 0.3) is 0 Å². The van der Waals surface area contributed by atoms with Gasteiger partial charge in [0.1, 0.15) is 0 Å². The van der Waals surface area contributed by atoms with Gasteiger partial charge in [-0.05, 0) is 30.0 Å². The molecule has 0 atom stereocenters. The molecule has 0 aliphatic heterocycles. The van der Waals surface area contributed by atoms with Crippen LogP contribution in [-0.4, -0.2) is 29.6 Å². The van der Waals surface area contributed by atoms with E-state index in [2.05, 4.69) is 18.9 Å². The largest absolute Gasteiger partial charge is 0.270 e. The van der Waals surface area contributed by atoms with Crippen molar-refractivity contribution in [3.8, 4) is 0 Å². The first-order valence-electron chi connectivity index (χ1n) is 7.43.